The molecule has 2 fully saturated rings. The molecule has 0 aromatic heterocycles. The van der Waals surface area contributed by atoms with E-state index in [1.54, 1.807) is 0 Å². The van der Waals surface area contributed by atoms with E-state index < -0.39 is 0 Å². The van der Waals surface area contributed by atoms with Crippen molar-refractivity contribution in [2.24, 2.45) is 0 Å². The highest BCUT2D eigenvalue weighted by Crippen LogP contribution is 1.65. The summed E-state index contributed by atoms with van der Waals surface area (Å²) in [4.78, 5) is 0. The number of nitrogens with one attached hydrogen (secondary N) is 4. The van der Waals surface area contributed by atoms with Crippen molar-refractivity contribution in [3.05, 3.63) is 0 Å². The van der Waals surface area contributed by atoms with Crippen LogP contribution in [0.5, 0.6) is 0 Å². The fourth-order valence-electron chi connectivity index (χ4n) is 1.21. The summed E-state index contributed by atoms with van der Waals surface area (Å²) in [6.45, 7) is 9.11. The summed E-state index contributed by atoms with van der Waals surface area (Å²) in [5.74, 6) is 0. The Hall–Kier alpha value is -0.160. The highest BCUT2D eigenvalue weighted by Gasteiger charge is 1.92. The highest BCUT2D eigenvalue weighted by molar-refractivity contribution is 4.59. The van der Waals surface area contributed by atoms with Gasteiger partial charge in [0.05, 0.1) is 0 Å². The normalized spacial score (nSPS) is 22.2. The van der Waals surface area contributed by atoms with Crippen LogP contribution in [-0.2, 0) is 0 Å². The molecule has 4 N–H and O–H groups in total. The molecule has 0 aromatic rings. The van der Waals surface area contributed by atoms with Crippen molar-refractivity contribution in [1.29, 1.82) is 0 Å². The summed E-state index contributed by atoms with van der Waals surface area (Å²) in [5.41, 5.74) is 0. The van der Waals surface area contributed by atoms with Gasteiger partial charge in [-0.3, -0.25) is 0 Å². The largest absolute Gasteiger partial charge is 0.314 e. The Bertz CT molecular complexity index is 54.6. The van der Waals surface area contributed by atoms with Crippen molar-refractivity contribution in [1.82, 2.24) is 21.3 Å². The first-order chi connectivity index (χ1) is 6.00. The second-order valence-corrected chi connectivity index (χ2v) is 3.00. The van der Waals surface area contributed by atoms with Gasteiger partial charge in [-0.25, -0.2) is 0 Å². The van der Waals surface area contributed by atoms with E-state index in [9.17, 15) is 0 Å². The molecule has 2 aliphatic rings. The lowest BCUT2D eigenvalue weighted by atomic mass is 10.4. The Morgan fingerprint density at radius 1 is 0.385 bits per heavy atom. The number of rotatable bonds is 0. The minimum absolute atomic E-state index is 0. The first-order valence-electron chi connectivity index (χ1n) is 4.83. The van der Waals surface area contributed by atoms with Crippen molar-refractivity contribution in [3.63, 3.8) is 0 Å². The van der Waals surface area contributed by atoms with E-state index in [1.807, 2.05) is 0 Å². The molecule has 2 saturated heterocycles. The van der Waals surface area contributed by atoms with Crippen molar-refractivity contribution in [2.75, 3.05) is 52.4 Å². The summed E-state index contributed by atoms with van der Waals surface area (Å²) in [7, 11) is 0. The molecule has 0 radical (unpaired) electrons. The van der Waals surface area contributed by atoms with Gasteiger partial charge in [-0.05, 0) is 0 Å². The molecule has 0 bridgehead atoms. The highest BCUT2D eigenvalue weighted by atomic mass is 15.0. The molecule has 13 heavy (non-hydrogen) atoms. The second kappa shape index (κ2) is 9.92. The maximum atomic E-state index is 3.22. The van der Waals surface area contributed by atoms with Gasteiger partial charge < -0.3 is 21.3 Å². The van der Waals surface area contributed by atoms with Gasteiger partial charge in [-0.2, -0.15) is 0 Å². The average molecular weight is 188 g/mol. The topological polar surface area (TPSA) is 48.1 Å². The van der Waals surface area contributed by atoms with Crippen LogP contribution >= 0.6 is 0 Å². The van der Waals surface area contributed by atoms with Gasteiger partial charge >= 0.3 is 0 Å². The van der Waals surface area contributed by atoms with Gasteiger partial charge in [0.1, 0.15) is 0 Å². The van der Waals surface area contributed by atoms with Crippen LogP contribution in [-0.4, -0.2) is 52.4 Å². The monoisotopic (exact) mass is 188 g/mol. The minimum atomic E-state index is 0. The molecular weight excluding hydrogens is 164 g/mol. The van der Waals surface area contributed by atoms with E-state index in [4.69, 9.17) is 0 Å². The molecule has 0 aliphatic carbocycles. The van der Waals surface area contributed by atoms with Crippen molar-refractivity contribution < 1.29 is 0 Å². The Labute approximate surface area is 81.9 Å². The molecular formula is C9H24N4. The van der Waals surface area contributed by atoms with Crippen molar-refractivity contribution >= 4 is 0 Å². The standard InChI is InChI=1S/2C4H10N2.CH4/c2*1-2-6-4-3-5-1;/h2*5-6H,1-4H2;1H4. The zero-order valence-electron chi connectivity index (χ0n) is 7.66. The lowest BCUT2D eigenvalue weighted by Gasteiger charge is -2.11. The third kappa shape index (κ3) is 8.18. The van der Waals surface area contributed by atoms with Crippen LogP contribution in [0.2, 0.25) is 0 Å². The van der Waals surface area contributed by atoms with Gasteiger partial charge in [0.2, 0.25) is 0 Å². The van der Waals surface area contributed by atoms with Crippen LogP contribution < -0.4 is 21.3 Å². The zero-order valence-corrected chi connectivity index (χ0v) is 7.66. The molecule has 2 aliphatic heterocycles. The van der Waals surface area contributed by atoms with Gasteiger partial charge in [0, 0.05) is 52.4 Å². The molecule has 80 valence electrons. The quantitative estimate of drug-likeness (QED) is 0.394. The molecule has 2 rings (SSSR count). The maximum absolute atomic E-state index is 3.22. The number of hydrogen-bond acceptors (Lipinski definition) is 4. The van der Waals surface area contributed by atoms with Gasteiger partial charge in [-0.1, -0.05) is 7.43 Å². The Balaban J connectivity index is 0.000000206. The third-order valence-corrected chi connectivity index (χ3v) is 1.91. The minimum Gasteiger partial charge on any atom is -0.314 e. The predicted octanol–water partition coefficient (Wildman–Crippen LogP) is -1.01. The number of hydrogen-bond donors (Lipinski definition) is 4. The average Bonchev–Trinajstić information content (AvgIpc) is 2.24. The molecule has 0 aromatic carbocycles. The zero-order chi connectivity index (χ0) is 8.49. The maximum Gasteiger partial charge on any atom is 0.00772 e. The van der Waals surface area contributed by atoms with Gasteiger partial charge in [0.15, 0.2) is 0 Å². The summed E-state index contributed by atoms with van der Waals surface area (Å²) in [6, 6.07) is 0. The lowest BCUT2D eigenvalue weighted by Crippen LogP contribution is -2.39. The molecule has 0 unspecified atom stereocenters. The van der Waals surface area contributed by atoms with E-state index in [0.29, 0.717) is 0 Å². The Morgan fingerprint density at radius 3 is 0.615 bits per heavy atom. The van der Waals surface area contributed by atoms with E-state index in [1.165, 1.54) is 0 Å². The fourth-order valence-corrected chi connectivity index (χ4v) is 1.21. The summed E-state index contributed by atoms with van der Waals surface area (Å²) in [6.07, 6.45) is 0. The summed E-state index contributed by atoms with van der Waals surface area (Å²) >= 11 is 0. The number of piperazine rings is 2. The molecule has 4 nitrogen and oxygen atoms in total. The predicted molar refractivity (Wildman–Crippen MR) is 58.2 cm³/mol. The third-order valence-electron chi connectivity index (χ3n) is 1.91. The van der Waals surface area contributed by atoms with Crippen molar-refractivity contribution in [2.45, 2.75) is 7.43 Å². The molecule has 0 amide bonds. The van der Waals surface area contributed by atoms with Gasteiger partial charge in [-0.15, -0.1) is 0 Å². The van der Waals surface area contributed by atoms with Crippen LogP contribution in [0.1, 0.15) is 7.43 Å². The molecule has 0 spiro atoms. The first-order valence-corrected chi connectivity index (χ1v) is 4.83. The van der Waals surface area contributed by atoms with Crippen LogP contribution in [0.3, 0.4) is 0 Å². The molecule has 2 heterocycles. The van der Waals surface area contributed by atoms with Crippen molar-refractivity contribution in [3.8, 4) is 0 Å². The first kappa shape index (κ1) is 12.8. The Morgan fingerprint density at radius 2 is 0.538 bits per heavy atom. The van der Waals surface area contributed by atoms with E-state index in [-0.39, 0.29) is 7.43 Å². The Kier molecular flexibility index (Phi) is 9.80. The van der Waals surface area contributed by atoms with E-state index in [0.717, 1.165) is 52.4 Å². The lowest BCUT2D eigenvalue weighted by molar-refractivity contribution is 0.534. The second-order valence-electron chi connectivity index (χ2n) is 3.00. The summed E-state index contributed by atoms with van der Waals surface area (Å²) in [5, 5.41) is 12.9. The van der Waals surface area contributed by atoms with Crippen LogP contribution in [0, 0.1) is 0 Å². The van der Waals surface area contributed by atoms with E-state index in [2.05, 4.69) is 21.3 Å². The van der Waals surface area contributed by atoms with Crippen LogP contribution in [0.25, 0.3) is 0 Å². The van der Waals surface area contributed by atoms with E-state index >= 15 is 0 Å². The molecule has 4 heteroatoms. The fraction of sp³-hybridized carbons (Fsp3) is 1.00. The van der Waals surface area contributed by atoms with Crippen LogP contribution in [0.15, 0.2) is 0 Å². The summed E-state index contributed by atoms with van der Waals surface area (Å²) < 4.78 is 0. The molecule has 0 atom stereocenters. The van der Waals surface area contributed by atoms with Gasteiger partial charge in [0.25, 0.3) is 0 Å². The molecule has 0 saturated carbocycles. The smallest absolute Gasteiger partial charge is 0.00772 e. The SMILES string of the molecule is C.C1CNCCN1.C1CNCCN1. The van der Waals surface area contributed by atoms with Crippen LogP contribution in [0.4, 0.5) is 0 Å².